The Morgan fingerprint density at radius 3 is 2.25 bits per heavy atom. The van der Waals surface area contributed by atoms with Crippen molar-refractivity contribution in [2.75, 3.05) is 0 Å². The first kappa shape index (κ1) is 15.3. The lowest BCUT2D eigenvalue weighted by atomic mass is 10.1. The SMILES string of the molecule is CC(C)CC(NC(=O)OC(C)(C)C)[P+](=O)O. The Hall–Kier alpha value is -0.670. The van der Waals surface area contributed by atoms with Crippen molar-refractivity contribution >= 4 is 14.1 Å². The van der Waals surface area contributed by atoms with E-state index in [-0.39, 0.29) is 5.92 Å². The second-order valence-electron chi connectivity index (χ2n) is 5.09. The molecule has 0 rings (SSSR count). The Bertz CT molecular complexity index is 260. The van der Waals surface area contributed by atoms with Crippen LogP contribution in [0.3, 0.4) is 0 Å². The second-order valence-corrected chi connectivity index (χ2v) is 6.32. The summed E-state index contributed by atoms with van der Waals surface area (Å²) in [4.78, 5) is 20.4. The molecule has 16 heavy (non-hydrogen) atoms. The third-order valence-corrected chi connectivity index (χ3v) is 2.52. The lowest BCUT2D eigenvalue weighted by molar-refractivity contribution is 0.0514. The predicted molar refractivity (Wildman–Crippen MR) is 62.4 cm³/mol. The van der Waals surface area contributed by atoms with Gasteiger partial charge in [0.15, 0.2) is 0 Å². The van der Waals surface area contributed by atoms with Crippen molar-refractivity contribution in [3.63, 3.8) is 0 Å². The van der Waals surface area contributed by atoms with Crippen LogP contribution in [0.5, 0.6) is 0 Å². The largest absolute Gasteiger partial charge is 0.530 e. The monoisotopic (exact) mass is 250 g/mol. The normalized spacial score (nSPS) is 14.6. The van der Waals surface area contributed by atoms with Gasteiger partial charge in [0, 0.05) is 6.42 Å². The average Bonchev–Trinajstić information content (AvgIpc) is 1.97. The Kier molecular flexibility index (Phi) is 5.90. The summed E-state index contributed by atoms with van der Waals surface area (Å²) in [6.07, 6.45) is -0.208. The molecule has 0 aliphatic heterocycles. The number of ether oxygens (including phenoxy) is 1. The number of carbonyl (C=O) groups excluding carboxylic acids is 1. The summed E-state index contributed by atoms with van der Waals surface area (Å²) in [5.74, 6) is -0.518. The van der Waals surface area contributed by atoms with Gasteiger partial charge in [0.2, 0.25) is 0 Å². The Labute approximate surface area is 97.4 Å². The molecule has 0 bridgehead atoms. The lowest BCUT2D eigenvalue weighted by Crippen LogP contribution is -2.38. The molecule has 2 atom stereocenters. The van der Waals surface area contributed by atoms with Crippen LogP contribution in [-0.2, 0) is 9.30 Å². The molecule has 2 unspecified atom stereocenters. The molecule has 0 aliphatic carbocycles. The van der Waals surface area contributed by atoms with Gasteiger partial charge in [0.1, 0.15) is 5.60 Å². The maximum atomic E-state index is 11.4. The van der Waals surface area contributed by atoms with Gasteiger partial charge in [-0.25, -0.2) is 4.79 Å². The molecule has 0 heterocycles. The molecule has 0 aromatic rings. The van der Waals surface area contributed by atoms with Crippen molar-refractivity contribution in [2.45, 2.75) is 52.4 Å². The van der Waals surface area contributed by atoms with E-state index < -0.39 is 25.5 Å². The highest BCUT2D eigenvalue weighted by Crippen LogP contribution is 2.26. The van der Waals surface area contributed by atoms with E-state index in [1.54, 1.807) is 20.8 Å². The summed E-state index contributed by atoms with van der Waals surface area (Å²) in [5, 5.41) is 2.41. The second kappa shape index (κ2) is 6.16. The van der Waals surface area contributed by atoms with Crippen molar-refractivity contribution in [1.82, 2.24) is 5.32 Å². The van der Waals surface area contributed by atoms with Gasteiger partial charge in [-0.15, -0.1) is 0 Å². The first-order chi connectivity index (χ1) is 7.11. The summed E-state index contributed by atoms with van der Waals surface area (Å²) in [5.41, 5.74) is -0.604. The van der Waals surface area contributed by atoms with E-state index >= 15 is 0 Å². The van der Waals surface area contributed by atoms with Crippen molar-refractivity contribution in [2.24, 2.45) is 5.92 Å². The summed E-state index contributed by atoms with van der Waals surface area (Å²) >= 11 is 0. The van der Waals surface area contributed by atoms with Crippen LogP contribution in [0.15, 0.2) is 0 Å². The van der Waals surface area contributed by atoms with Gasteiger partial charge >= 0.3 is 14.1 Å². The van der Waals surface area contributed by atoms with Crippen molar-refractivity contribution in [3.05, 3.63) is 0 Å². The summed E-state index contributed by atoms with van der Waals surface area (Å²) < 4.78 is 16.0. The minimum Gasteiger partial charge on any atom is -0.444 e. The highest BCUT2D eigenvalue weighted by molar-refractivity contribution is 7.38. The van der Waals surface area contributed by atoms with Gasteiger partial charge < -0.3 is 4.74 Å². The number of hydrogen-bond acceptors (Lipinski definition) is 3. The van der Waals surface area contributed by atoms with Crippen LogP contribution >= 0.6 is 8.03 Å². The smallest absolute Gasteiger partial charge is 0.444 e. The van der Waals surface area contributed by atoms with Crippen molar-refractivity contribution in [1.29, 1.82) is 0 Å². The third-order valence-electron chi connectivity index (χ3n) is 1.64. The Morgan fingerprint density at radius 2 is 1.94 bits per heavy atom. The van der Waals surface area contributed by atoms with E-state index in [0.29, 0.717) is 6.42 Å². The Morgan fingerprint density at radius 1 is 1.44 bits per heavy atom. The van der Waals surface area contributed by atoms with E-state index in [1.165, 1.54) is 0 Å². The number of alkyl carbamates (subject to hydrolysis) is 1. The van der Waals surface area contributed by atoms with E-state index in [0.717, 1.165) is 0 Å². The Balaban J connectivity index is 4.30. The maximum Gasteiger partial charge on any atom is 0.530 e. The predicted octanol–water partition coefficient (Wildman–Crippen LogP) is 2.62. The quantitative estimate of drug-likeness (QED) is 0.752. The molecule has 6 heteroatoms. The molecular weight excluding hydrogens is 229 g/mol. The van der Waals surface area contributed by atoms with Crippen LogP contribution in [0.4, 0.5) is 4.79 Å². The standard InChI is InChI=1S/C10H20NO4P/c1-7(2)6-8(16(13)14)11-9(12)15-10(3,4)5/h7-8H,6H2,1-5H3,(H-,11,12,13,14)/p+1. The number of amides is 1. The zero-order valence-electron chi connectivity index (χ0n) is 10.5. The zero-order chi connectivity index (χ0) is 12.9. The number of carbonyl (C=O) groups is 1. The molecule has 0 aromatic carbocycles. The minimum absolute atomic E-state index is 0.228. The van der Waals surface area contributed by atoms with Gasteiger partial charge in [0.25, 0.3) is 5.78 Å². The molecule has 0 saturated carbocycles. The summed E-state index contributed by atoms with van der Waals surface area (Å²) in [6.45, 7) is 9.06. The fraction of sp³-hybridized carbons (Fsp3) is 0.900. The molecule has 2 N–H and O–H groups in total. The van der Waals surface area contributed by atoms with Gasteiger partial charge in [-0.1, -0.05) is 13.8 Å². The van der Waals surface area contributed by atoms with Crippen LogP contribution in [0.1, 0.15) is 41.0 Å². The molecular formula is C10H21NO4P+. The number of nitrogens with one attached hydrogen (secondary N) is 1. The highest BCUT2D eigenvalue weighted by Gasteiger charge is 2.32. The van der Waals surface area contributed by atoms with Crippen molar-refractivity contribution in [3.8, 4) is 0 Å². The van der Waals surface area contributed by atoms with E-state index in [1.807, 2.05) is 13.8 Å². The highest BCUT2D eigenvalue weighted by atomic mass is 31.1. The molecule has 0 aliphatic rings. The lowest BCUT2D eigenvalue weighted by Gasteiger charge is -2.20. The van der Waals surface area contributed by atoms with E-state index in [2.05, 4.69) is 5.32 Å². The summed E-state index contributed by atoms with van der Waals surface area (Å²) in [7, 11) is -2.43. The molecule has 1 amide bonds. The first-order valence-electron chi connectivity index (χ1n) is 5.26. The minimum atomic E-state index is -2.43. The van der Waals surface area contributed by atoms with Gasteiger partial charge in [-0.05, 0) is 31.3 Å². The van der Waals surface area contributed by atoms with E-state index in [4.69, 9.17) is 9.63 Å². The number of rotatable bonds is 4. The number of hydrogen-bond donors (Lipinski definition) is 2. The molecule has 5 nitrogen and oxygen atoms in total. The molecule has 94 valence electrons. The van der Waals surface area contributed by atoms with Crippen LogP contribution < -0.4 is 5.32 Å². The maximum absolute atomic E-state index is 11.4. The van der Waals surface area contributed by atoms with Crippen LogP contribution in [0.25, 0.3) is 0 Å². The fourth-order valence-electron chi connectivity index (χ4n) is 1.09. The molecule has 0 aromatic heterocycles. The molecule has 0 saturated heterocycles. The fourth-order valence-corrected chi connectivity index (χ4v) is 1.91. The third kappa shape index (κ3) is 7.60. The van der Waals surface area contributed by atoms with Gasteiger partial charge in [-0.3, -0.25) is 5.32 Å². The van der Waals surface area contributed by atoms with Crippen LogP contribution in [-0.4, -0.2) is 22.4 Å². The van der Waals surface area contributed by atoms with Crippen LogP contribution in [0.2, 0.25) is 0 Å². The molecule has 0 radical (unpaired) electrons. The van der Waals surface area contributed by atoms with Crippen LogP contribution in [0, 0.1) is 5.92 Å². The molecule has 0 fully saturated rings. The van der Waals surface area contributed by atoms with E-state index in [9.17, 15) is 9.36 Å². The topological polar surface area (TPSA) is 75.6 Å². The van der Waals surface area contributed by atoms with Crippen molar-refractivity contribution < 1.29 is 19.0 Å². The van der Waals surface area contributed by atoms with Gasteiger partial charge in [-0.2, -0.15) is 4.89 Å². The average molecular weight is 250 g/mol. The summed E-state index contributed by atoms with van der Waals surface area (Å²) in [6, 6.07) is 0. The zero-order valence-corrected chi connectivity index (χ0v) is 11.4. The first-order valence-corrected chi connectivity index (χ1v) is 6.54. The molecule has 0 spiro atoms. The van der Waals surface area contributed by atoms with Gasteiger partial charge in [0.05, 0.1) is 0 Å².